The van der Waals surface area contributed by atoms with Gasteiger partial charge in [-0.2, -0.15) is 0 Å². The molecule has 3 aromatic carbocycles. The van der Waals surface area contributed by atoms with Gasteiger partial charge in [0.05, 0.1) is 22.9 Å². The third kappa shape index (κ3) is 3.20. The molecule has 3 N–H and O–H groups in total. The van der Waals surface area contributed by atoms with Crippen LogP contribution in [0.5, 0.6) is 0 Å². The van der Waals surface area contributed by atoms with Gasteiger partial charge in [0.1, 0.15) is 0 Å². The van der Waals surface area contributed by atoms with Crippen LogP contribution in [0.25, 0.3) is 10.8 Å². The van der Waals surface area contributed by atoms with Crippen molar-refractivity contribution in [2.45, 2.75) is 6.42 Å². The number of hydrogen-bond acceptors (Lipinski definition) is 3. The maximum Gasteiger partial charge on any atom is 0.250 e. The average Bonchev–Trinajstić information content (AvgIpc) is 3.09. The summed E-state index contributed by atoms with van der Waals surface area (Å²) in [6, 6.07) is 20.2. The lowest BCUT2D eigenvalue weighted by atomic mass is 10.1. The molecule has 6 nitrogen and oxygen atoms in total. The van der Waals surface area contributed by atoms with Crippen molar-refractivity contribution in [3.8, 4) is 0 Å². The molecule has 1 atom stereocenters. The normalized spacial score (nSPS) is 16.4. The molecule has 1 saturated heterocycles. The third-order valence-corrected chi connectivity index (χ3v) is 5.00. The average molecular weight is 373 g/mol. The van der Waals surface area contributed by atoms with Crippen molar-refractivity contribution in [1.82, 2.24) is 0 Å². The fourth-order valence-electron chi connectivity index (χ4n) is 3.60. The Morgan fingerprint density at radius 3 is 2.50 bits per heavy atom. The van der Waals surface area contributed by atoms with Gasteiger partial charge in [-0.05, 0) is 23.6 Å². The van der Waals surface area contributed by atoms with Crippen LogP contribution in [0.15, 0.2) is 66.7 Å². The number of nitrogens with one attached hydrogen (secondary N) is 1. The summed E-state index contributed by atoms with van der Waals surface area (Å²) >= 11 is 0. The van der Waals surface area contributed by atoms with E-state index < -0.39 is 11.8 Å². The molecule has 4 rings (SSSR count). The van der Waals surface area contributed by atoms with E-state index in [-0.39, 0.29) is 30.3 Å². The summed E-state index contributed by atoms with van der Waals surface area (Å²) in [5.74, 6) is -1.52. The van der Waals surface area contributed by atoms with Gasteiger partial charge in [-0.1, -0.05) is 48.5 Å². The molecule has 6 heteroatoms. The highest BCUT2D eigenvalue weighted by Gasteiger charge is 2.36. The fourth-order valence-corrected chi connectivity index (χ4v) is 3.60. The van der Waals surface area contributed by atoms with Gasteiger partial charge in [0.15, 0.2) is 0 Å². The van der Waals surface area contributed by atoms with Crippen molar-refractivity contribution in [2.24, 2.45) is 11.7 Å². The van der Waals surface area contributed by atoms with E-state index in [0.717, 1.165) is 16.5 Å². The lowest BCUT2D eigenvalue weighted by Crippen LogP contribution is -2.29. The maximum absolute atomic E-state index is 12.7. The summed E-state index contributed by atoms with van der Waals surface area (Å²) in [6.07, 6.45) is 0.119. The van der Waals surface area contributed by atoms with E-state index >= 15 is 0 Å². The Labute approximate surface area is 161 Å². The van der Waals surface area contributed by atoms with Crippen LogP contribution in [0, 0.1) is 5.92 Å². The van der Waals surface area contributed by atoms with E-state index in [0.29, 0.717) is 5.69 Å². The number of anilines is 2. The third-order valence-electron chi connectivity index (χ3n) is 5.00. The molecule has 1 heterocycles. The van der Waals surface area contributed by atoms with Crippen LogP contribution in [-0.2, 0) is 9.59 Å². The molecular weight excluding hydrogens is 354 g/mol. The molecule has 0 spiro atoms. The van der Waals surface area contributed by atoms with Crippen LogP contribution in [0.3, 0.4) is 0 Å². The molecule has 1 aliphatic rings. The molecule has 1 aliphatic heterocycles. The molecule has 0 aromatic heterocycles. The quantitative estimate of drug-likeness (QED) is 0.736. The van der Waals surface area contributed by atoms with Crippen LogP contribution in [0.4, 0.5) is 11.4 Å². The molecule has 0 bridgehead atoms. The minimum Gasteiger partial charge on any atom is -0.366 e. The molecule has 140 valence electrons. The Morgan fingerprint density at radius 1 is 0.964 bits per heavy atom. The van der Waals surface area contributed by atoms with Gasteiger partial charge in [0, 0.05) is 18.4 Å². The minimum absolute atomic E-state index is 0.0975. The number of rotatable bonds is 4. The van der Waals surface area contributed by atoms with Crippen LogP contribution in [0.1, 0.15) is 16.8 Å². The molecule has 0 unspecified atom stereocenters. The van der Waals surface area contributed by atoms with E-state index in [4.69, 9.17) is 5.73 Å². The Bertz CT molecular complexity index is 1090. The summed E-state index contributed by atoms with van der Waals surface area (Å²) in [6.45, 7) is 0.289. The van der Waals surface area contributed by atoms with E-state index in [9.17, 15) is 14.4 Å². The summed E-state index contributed by atoms with van der Waals surface area (Å²) in [5.41, 5.74) is 6.77. The SMILES string of the molecule is NC(=O)c1ccccc1NC(=O)[C@@H]1CC(=O)N(c2cccc3ccccc23)C1. The number of nitrogens with two attached hydrogens (primary N) is 1. The molecule has 0 saturated carbocycles. The predicted octanol–water partition coefficient (Wildman–Crippen LogP) is 2.93. The number of carbonyl (C=O) groups excluding carboxylic acids is 3. The smallest absolute Gasteiger partial charge is 0.250 e. The van der Waals surface area contributed by atoms with Crippen LogP contribution in [-0.4, -0.2) is 24.3 Å². The number of para-hydroxylation sites is 1. The van der Waals surface area contributed by atoms with Crippen molar-refractivity contribution in [3.05, 3.63) is 72.3 Å². The van der Waals surface area contributed by atoms with Crippen LogP contribution >= 0.6 is 0 Å². The lowest BCUT2D eigenvalue weighted by Gasteiger charge is -2.19. The van der Waals surface area contributed by atoms with Crippen LogP contribution in [0.2, 0.25) is 0 Å². The van der Waals surface area contributed by atoms with Crippen molar-refractivity contribution in [3.63, 3.8) is 0 Å². The van der Waals surface area contributed by atoms with Crippen molar-refractivity contribution in [1.29, 1.82) is 0 Å². The minimum atomic E-state index is -0.615. The van der Waals surface area contributed by atoms with Crippen molar-refractivity contribution in [2.75, 3.05) is 16.8 Å². The Hall–Kier alpha value is -3.67. The van der Waals surface area contributed by atoms with E-state index in [1.165, 1.54) is 0 Å². The summed E-state index contributed by atoms with van der Waals surface area (Å²) in [4.78, 5) is 38.6. The number of amides is 3. The number of fused-ring (bicyclic) bond motifs is 1. The maximum atomic E-state index is 12.7. The van der Waals surface area contributed by atoms with Gasteiger partial charge >= 0.3 is 0 Å². The lowest BCUT2D eigenvalue weighted by molar-refractivity contribution is -0.122. The molecule has 28 heavy (non-hydrogen) atoms. The second-order valence-corrected chi connectivity index (χ2v) is 6.80. The van der Waals surface area contributed by atoms with Gasteiger partial charge in [-0.3, -0.25) is 14.4 Å². The zero-order chi connectivity index (χ0) is 19.7. The summed E-state index contributed by atoms with van der Waals surface area (Å²) in [5, 5.41) is 4.75. The second-order valence-electron chi connectivity index (χ2n) is 6.80. The molecule has 3 aromatic rings. The van der Waals surface area contributed by atoms with E-state index in [2.05, 4.69) is 5.32 Å². The highest BCUT2D eigenvalue weighted by atomic mass is 16.2. The standard InChI is InChI=1S/C22H19N3O3/c23-21(27)17-9-3-4-10-18(17)24-22(28)15-12-20(26)25(13-15)19-11-5-7-14-6-1-2-8-16(14)19/h1-11,15H,12-13H2,(H2,23,27)(H,24,28)/t15-/m1/s1. The molecule has 3 amide bonds. The Kier molecular flexibility index (Phi) is 4.53. The number of nitrogens with zero attached hydrogens (tertiary/aromatic N) is 1. The van der Waals surface area contributed by atoms with Gasteiger partial charge in [0.2, 0.25) is 11.8 Å². The van der Waals surface area contributed by atoms with Gasteiger partial charge < -0.3 is 16.0 Å². The van der Waals surface area contributed by atoms with Gasteiger partial charge in [-0.15, -0.1) is 0 Å². The first-order valence-electron chi connectivity index (χ1n) is 9.02. The van der Waals surface area contributed by atoms with Crippen molar-refractivity contribution >= 4 is 39.9 Å². The number of benzene rings is 3. The predicted molar refractivity (Wildman–Crippen MR) is 108 cm³/mol. The first-order chi connectivity index (χ1) is 13.5. The molecular formula is C22H19N3O3. The van der Waals surface area contributed by atoms with Crippen molar-refractivity contribution < 1.29 is 14.4 Å². The highest BCUT2D eigenvalue weighted by Crippen LogP contribution is 2.32. The topological polar surface area (TPSA) is 92.5 Å². The zero-order valence-corrected chi connectivity index (χ0v) is 15.1. The van der Waals surface area contributed by atoms with Gasteiger partial charge in [0.25, 0.3) is 5.91 Å². The zero-order valence-electron chi connectivity index (χ0n) is 15.1. The monoisotopic (exact) mass is 373 g/mol. The molecule has 0 aliphatic carbocycles. The number of carbonyl (C=O) groups is 3. The Morgan fingerprint density at radius 2 is 1.68 bits per heavy atom. The number of primary amides is 1. The summed E-state index contributed by atoms with van der Waals surface area (Å²) < 4.78 is 0. The van der Waals surface area contributed by atoms with Crippen LogP contribution < -0.4 is 16.0 Å². The second kappa shape index (κ2) is 7.15. The first kappa shape index (κ1) is 17.7. The highest BCUT2D eigenvalue weighted by molar-refractivity contribution is 6.09. The molecule has 0 radical (unpaired) electrons. The van der Waals surface area contributed by atoms with E-state index in [1.807, 2.05) is 42.5 Å². The van der Waals surface area contributed by atoms with E-state index in [1.54, 1.807) is 29.2 Å². The fraction of sp³-hybridized carbons (Fsp3) is 0.136. The number of hydrogen-bond donors (Lipinski definition) is 2. The van der Waals surface area contributed by atoms with Gasteiger partial charge in [-0.25, -0.2) is 0 Å². The summed E-state index contributed by atoms with van der Waals surface area (Å²) in [7, 11) is 0. The molecule has 1 fully saturated rings. The Balaban J connectivity index is 1.57. The largest absolute Gasteiger partial charge is 0.366 e. The first-order valence-corrected chi connectivity index (χ1v) is 9.02.